The number of thiazole rings is 1. The van der Waals surface area contributed by atoms with Gasteiger partial charge in [-0.2, -0.15) is 0 Å². The van der Waals surface area contributed by atoms with Gasteiger partial charge in [0.25, 0.3) is 0 Å². The van der Waals surface area contributed by atoms with E-state index in [4.69, 9.17) is 10.5 Å². The molecular weight excluding hydrogens is 266 g/mol. The van der Waals surface area contributed by atoms with Crippen LogP contribution in [0.1, 0.15) is 26.5 Å². The van der Waals surface area contributed by atoms with E-state index in [-0.39, 0.29) is 0 Å². The van der Waals surface area contributed by atoms with Crippen molar-refractivity contribution in [1.29, 1.82) is 0 Å². The fraction of sp³-hybridized carbons (Fsp3) is 0.583. The van der Waals surface area contributed by atoms with Gasteiger partial charge in [0.15, 0.2) is 0 Å². The summed E-state index contributed by atoms with van der Waals surface area (Å²) in [5.41, 5.74) is 7.54. The Morgan fingerprint density at radius 1 is 1.53 bits per heavy atom. The van der Waals surface area contributed by atoms with Crippen LogP contribution < -0.4 is 5.73 Å². The summed E-state index contributed by atoms with van der Waals surface area (Å²) in [6.45, 7) is 5.20. The third-order valence-corrected chi connectivity index (χ3v) is 2.86. The molecule has 0 bridgehead atoms. The van der Waals surface area contributed by atoms with E-state index >= 15 is 0 Å². The molecule has 0 saturated heterocycles. The summed E-state index contributed by atoms with van der Waals surface area (Å²) in [6, 6.07) is -0.806. The van der Waals surface area contributed by atoms with Gasteiger partial charge in [0.1, 0.15) is 5.60 Å². The average Bonchev–Trinajstić information content (AvgIpc) is 2.77. The maximum atomic E-state index is 12.0. The van der Waals surface area contributed by atoms with E-state index in [2.05, 4.69) is 4.98 Å². The highest BCUT2D eigenvalue weighted by atomic mass is 32.1. The zero-order valence-electron chi connectivity index (χ0n) is 11.5. The van der Waals surface area contributed by atoms with Gasteiger partial charge in [-0.3, -0.25) is 4.79 Å². The number of aromatic nitrogens is 1. The molecule has 0 aliphatic rings. The van der Waals surface area contributed by atoms with Crippen LogP contribution in [-0.4, -0.2) is 40.6 Å². The average molecular weight is 285 g/mol. The van der Waals surface area contributed by atoms with Crippen LogP contribution in [0.4, 0.5) is 4.79 Å². The van der Waals surface area contributed by atoms with Crippen molar-refractivity contribution in [2.45, 2.75) is 38.8 Å². The Labute approximate surface area is 116 Å². The number of amides is 2. The number of hydrogen-bond acceptors (Lipinski definition) is 6. The highest BCUT2D eigenvalue weighted by molar-refractivity contribution is 7.07. The number of ether oxygens (including phenoxy) is 1. The van der Waals surface area contributed by atoms with E-state index in [0.717, 1.165) is 10.6 Å². The van der Waals surface area contributed by atoms with Gasteiger partial charge >= 0.3 is 6.09 Å². The van der Waals surface area contributed by atoms with Crippen LogP contribution in [0.3, 0.4) is 0 Å². The van der Waals surface area contributed by atoms with Crippen LogP contribution >= 0.6 is 11.3 Å². The third-order valence-electron chi connectivity index (χ3n) is 2.23. The molecule has 0 aliphatic carbocycles. The molecule has 2 amide bonds. The first-order valence-corrected chi connectivity index (χ1v) is 6.78. The van der Waals surface area contributed by atoms with Crippen LogP contribution in [0.2, 0.25) is 0 Å². The van der Waals surface area contributed by atoms with Gasteiger partial charge in [-0.05, 0) is 20.8 Å². The number of carbonyl (C=O) groups excluding carboxylic acids is 2. The third kappa shape index (κ3) is 4.96. The van der Waals surface area contributed by atoms with Crippen LogP contribution in [-0.2, 0) is 16.0 Å². The summed E-state index contributed by atoms with van der Waals surface area (Å²) in [7, 11) is 1.36. The molecule has 1 heterocycles. The topological polar surface area (TPSA) is 85.5 Å². The summed E-state index contributed by atoms with van der Waals surface area (Å²) >= 11 is 1.43. The molecule has 0 spiro atoms. The van der Waals surface area contributed by atoms with Gasteiger partial charge in [-0.1, -0.05) is 0 Å². The predicted octanol–water partition coefficient (Wildman–Crippen LogP) is 1.41. The lowest BCUT2D eigenvalue weighted by molar-refractivity contribution is -0.130. The summed E-state index contributed by atoms with van der Waals surface area (Å²) in [6.07, 6.45) is -0.402. The van der Waals surface area contributed by atoms with Crippen molar-refractivity contribution in [3.05, 3.63) is 16.6 Å². The largest absolute Gasteiger partial charge is 0.443 e. The van der Waals surface area contributed by atoms with Crippen LogP contribution in [0, 0.1) is 0 Å². The van der Waals surface area contributed by atoms with Gasteiger partial charge in [-0.15, -0.1) is 11.3 Å². The van der Waals surface area contributed by atoms with E-state index in [1.165, 1.54) is 18.4 Å². The summed E-state index contributed by atoms with van der Waals surface area (Å²) in [5.74, 6) is -0.484. The highest BCUT2D eigenvalue weighted by Gasteiger charge is 2.27. The monoisotopic (exact) mass is 285 g/mol. The van der Waals surface area contributed by atoms with Crippen molar-refractivity contribution in [2.75, 3.05) is 7.05 Å². The molecule has 1 aromatic rings. The van der Waals surface area contributed by atoms with E-state index in [1.807, 2.05) is 5.38 Å². The Morgan fingerprint density at radius 3 is 2.63 bits per heavy atom. The van der Waals surface area contributed by atoms with Crippen LogP contribution in [0.25, 0.3) is 0 Å². The molecule has 2 N–H and O–H groups in total. The first kappa shape index (κ1) is 15.6. The molecule has 7 heteroatoms. The molecule has 0 unspecified atom stereocenters. The van der Waals surface area contributed by atoms with Gasteiger partial charge in [0.2, 0.25) is 5.91 Å². The molecule has 0 saturated carbocycles. The molecule has 0 fully saturated rings. The lowest BCUT2D eigenvalue weighted by atomic mass is 10.1. The van der Waals surface area contributed by atoms with Crippen molar-refractivity contribution in [3.63, 3.8) is 0 Å². The molecule has 1 atom stereocenters. The molecule has 0 aromatic carbocycles. The second-order valence-electron chi connectivity index (χ2n) is 5.17. The van der Waals surface area contributed by atoms with Crippen molar-refractivity contribution in [1.82, 2.24) is 9.88 Å². The quantitative estimate of drug-likeness (QED) is 0.907. The Balaban J connectivity index is 2.58. The number of imide groups is 1. The molecule has 1 aromatic heterocycles. The molecule has 6 nitrogen and oxygen atoms in total. The molecule has 1 rings (SSSR count). The Morgan fingerprint density at radius 2 is 2.16 bits per heavy atom. The Bertz CT molecular complexity index is 440. The second-order valence-corrected chi connectivity index (χ2v) is 5.89. The standard InChI is InChI=1S/C12H19N3O3S/c1-12(2,3)18-11(17)15(4)10(16)9(13)5-8-6-19-7-14-8/h6-7,9H,5,13H2,1-4H3/t9-/m0/s1. The normalized spacial score (nSPS) is 12.9. The maximum Gasteiger partial charge on any atom is 0.416 e. The zero-order chi connectivity index (χ0) is 14.6. The molecular formula is C12H19N3O3S. The number of likely N-dealkylation sites (N-methyl/N-ethyl adjacent to an activating group) is 1. The first-order chi connectivity index (χ1) is 8.70. The summed E-state index contributed by atoms with van der Waals surface area (Å²) in [4.78, 5) is 28.7. The molecule has 0 radical (unpaired) electrons. The van der Waals surface area contributed by atoms with Crippen molar-refractivity contribution < 1.29 is 14.3 Å². The zero-order valence-corrected chi connectivity index (χ0v) is 12.4. The minimum Gasteiger partial charge on any atom is -0.443 e. The van der Waals surface area contributed by atoms with Gasteiger partial charge < -0.3 is 10.5 Å². The number of carbonyl (C=O) groups is 2. The maximum absolute atomic E-state index is 12.0. The fourth-order valence-electron chi connectivity index (χ4n) is 1.32. The van der Waals surface area contributed by atoms with E-state index in [1.54, 1.807) is 26.3 Å². The minimum atomic E-state index is -0.806. The van der Waals surface area contributed by atoms with E-state index in [9.17, 15) is 9.59 Å². The Kier molecular flexibility index (Phi) is 5.02. The van der Waals surface area contributed by atoms with Crippen molar-refractivity contribution in [3.8, 4) is 0 Å². The van der Waals surface area contributed by atoms with Crippen LogP contribution in [0.5, 0.6) is 0 Å². The van der Waals surface area contributed by atoms with Gasteiger partial charge in [-0.25, -0.2) is 14.7 Å². The van der Waals surface area contributed by atoms with Crippen molar-refractivity contribution in [2.24, 2.45) is 5.73 Å². The summed E-state index contributed by atoms with van der Waals surface area (Å²) < 4.78 is 5.10. The van der Waals surface area contributed by atoms with E-state index < -0.39 is 23.6 Å². The number of nitrogens with two attached hydrogens (primary N) is 1. The second kappa shape index (κ2) is 6.12. The molecule has 0 aliphatic heterocycles. The highest BCUT2D eigenvalue weighted by Crippen LogP contribution is 2.10. The van der Waals surface area contributed by atoms with Gasteiger partial charge in [0.05, 0.1) is 17.2 Å². The van der Waals surface area contributed by atoms with Gasteiger partial charge in [0, 0.05) is 18.8 Å². The molecule has 19 heavy (non-hydrogen) atoms. The fourth-order valence-corrected chi connectivity index (χ4v) is 1.89. The minimum absolute atomic E-state index is 0.301. The Hall–Kier alpha value is -1.47. The van der Waals surface area contributed by atoms with Crippen molar-refractivity contribution >= 4 is 23.3 Å². The predicted molar refractivity (Wildman–Crippen MR) is 72.8 cm³/mol. The SMILES string of the molecule is CN(C(=O)OC(C)(C)C)C(=O)[C@@H](N)Cc1cscn1. The lowest BCUT2D eigenvalue weighted by Crippen LogP contribution is -2.47. The number of nitrogens with zero attached hydrogens (tertiary/aromatic N) is 2. The first-order valence-electron chi connectivity index (χ1n) is 5.84. The van der Waals surface area contributed by atoms with Crippen LogP contribution in [0.15, 0.2) is 10.9 Å². The van der Waals surface area contributed by atoms with E-state index in [0.29, 0.717) is 6.42 Å². The number of rotatable bonds is 3. The lowest BCUT2D eigenvalue weighted by Gasteiger charge is -2.25. The number of hydrogen-bond donors (Lipinski definition) is 1. The summed E-state index contributed by atoms with van der Waals surface area (Å²) in [5, 5.41) is 1.82. The smallest absolute Gasteiger partial charge is 0.416 e. The molecule has 106 valence electrons.